The molecule has 0 aromatic heterocycles. The summed E-state index contributed by atoms with van der Waals surface area (Å²) in [5.74, 6) is 0.0231. The monoisotopic (exact) mass is 219 g/mol. The number of aliphatic imine (C=N–C) groups is 1. The summed E-state index contributed by atoms with van der Waals surface area (Å²) in [6, 6.07) is 2.17. The van der Waals surface area contributed by atoms with E-state index in [0.29, 0.717) is 6.26 Å². The Balaban J connectivity index is 0.000000292. The van der Waals surface area contributed by atoms with Crippen LogP contribution in [-0.4, -0.2) is 45.1 Å². The zero-order valence-electron chi connectivity index (χ0n) is 8.06. The van der Waals surface area contributed by atoms with Crippen LogP contribution in [0.1, 0.15) is 0 Å². The van der Waals surface area contributed by atoms with Crippen molar-refractivity contribution in [2.24, 2.45) is 10.9 Å². The lowest BCUT2D eigenvalue weighted by Crippen LogP contribution is -2.08. The fraction of sp³-hybridized carbons (Fsp3) is 0.714. The second kappa shape index (κ2) is 5.70. The molecule has 1 fully saturated rings. The fourth-order valence-electron chi connectivity index (χ4n) is 0.941. The zero-order chi connectivity index (χ0) is 11.2. The first-order chi connectivity index (χ1) is 6.38. The molecule has 0 saturated carbocycles. The molecule has 6 nitrogen and oxygen atoms in total. The van der Waals surface area contributed by atoms with E-state index in [0.717, 1.165) is 18.8 Å². The van der Waals surface area contributed by atoms with Crippen LogP contribution in [0.4, 0.5) is 0 Å². The average Bonchev–Trinajstić information content (AvgIpc) is 2.47. The quantitative estimate of drug-likeness (QED) is 0.525. The van der Waals surface area contributed by atoms with Crippen molar-refractivity contribution in [3.63, 3.8) is 0 Å². The molecule has 0 amide bonds. The minimum absolute atomic E-state index is 0.0231. The molecular weight excluding hydrogens is 206 g/mol. The maximum Gasteiger partial charge on any atom is 0.261 e. The van der Waals surface area contributed by atoms with Crippen LogP contribution in [0, 0.1) is 17.2 Å². The van der Waals surface area contributed by atoms with Crippen molar-refractivity contribution < 1.29 is 13.0 Å². The number of nitriles is 1. The smallest absolute Gasteiger partial charge is 0.261 e. The predicted octanol–water partition coefficient (Wildman–Crippen LogP) is -0.696. The largest absolute Gasteiger partial charge is 0.310 e. The van der Waals surface area contributed by atoms with E-state index in [1.165, 1.54) is 0 Å². The molecule has 7 heteroatoms. The van der Waals surface area contributed by atoms with Crippen molar-refractivity contribution in [2.45, 2.75) is 0 Å². The van der Waals surface area contributed by atoms with Gasteiger partial charge in [-0.25, -0.2) is 0 Å². The Hall–Kier alpha value is -0.970. The maximum absolute atomic E-state index is 9.19. The van der Waals surface area contributed by atoms with Crippen LogP contribution in [0.3, 0.4) is 0 Å². The van der Waals surface area contributed by atoms with Crippen LogP contribution in [0.5, 0.6) is 0 Å². The zero-order valence-corrected chi connectivity index (χ0v) is 8.87. The van der Waals surface area contributed by atoms with Gasteiger partial charge in [-0.3, -0.25) is 9.55 Å². The highest BCUT2D eigenvalue weighted by molar-refractivity contribution is 7.85. The van der Waals surface area contributed by atoms with E-state index in [9.17, 15) is 8.42 Å². The molecule has 1 aliphatic rings. The molecule has 0 radical (unpaired) electrons. The summed E-state index contributed by atoms with van der Waals surface area (Å²) in [5.41, 5.74) is 0.984. The van der Waals surface area contributed by atoms with Gasteiger partial charge in [0.15, 0.2) is 0 Å². The van der Waals surface area contributed by atoms with Gasteiger partial charge in [-0.1, -0.05) is 0 Å². The van der Waals surface area contributed by atoms with Crippen LogP contribution < -0.4 is 5.32 Å². The minimum Gasteiger partial charge on any atom is -0.310 e. The van der Waals surface area contributed by atoms with Crippen LogP contribution >= 0.6 is 0 Å². The Bertz CT molecular complexity index is 334. The third-order valence-corrected chi connectivity index (χ3v) is 1.50. The van der Waals surface area contributed by atoms with Crippen molar-refractivity contribution in [2.75, 3.05) is 26.4 Å². The van der Waals surface area contributed by atoms with Gasteiger partial charge in [0.2, 0.25) is 0 Å². The lowest BCUT2D eigenvalue weighted by molar-refractivity contribution is 0.490. The molecular formula is C7H13N3O3S. The molecule has 0 aromatic carbocycles. The van der Waals surface area contributed by atoms with Gasteiger partial charge in [-0.15, -0.1) is 0 Å². The van der Waals surface area contributed by atoms with Crippen LogP contribution in [-0.2, 0) is 10.1 Å². The maximum atomic E-state index is 9.19. The van der Waals surface area contributed by atoms with Gasteiger partial charge in [0, 0.05) is 25.8 Å². The van der Waals surface area contributed by atoms with Gasteiger partial charge in [0.05, 0.1) is 18.2 Å². The number of nitrogens with one attached hydrogen (secondary N) is 1. The Kier molecular flexibility index (Phi) is 5.30. The Morgan fingerprint density at radius 1 is 1.71 bits per heavy atom. The summed E-state index contributed by atoms with van der Waals surface area (Å²) >= 11 is 0. The normalized spacial score (nSPS) is 23.9. The number of rotatable bonds is 0. The lowest BCUT2D eigenvalue weighted by atomic mass is 10.1. The van der Waals surface area contributed by atoms with Gasteiger partial charge in [0.1, 0.15) is 0 Å². The number of hydrogen-bond donors (Lipinski definition) is 2. The highest BCUT2D eigenvalue weighted by atomic mass is 32.2. The molecule has 2 N–H and O–H groups in total. The Morgan fingerprint density at radius 2 is 2.21 bits per heavy atom. The second-order valence-electron chi connectivity index (χ2n) is 2.76. The molecule has 1 unspecified atom stereocenters. The van der Waals surface area contributed by atoms with Gasteiger partial charge >= 0.3 is 0 Å². The van der Waals surface area contributed by atoms with Gasteiger partial charge in [-0.05, 0) is 0 Å². The summed E-state index contributed by atoms with van der Waals surface area (Å²) in [7, 11) is -1.94. The summed E-state index contributed by atoms with van der Waals surface area (Å²) in [6.07, 6.45) is 0.715. The first-order valence-electron chi connectivity index (χ1n) is 3.86. The van der Waals surface area contributed by atoms with E-state index >= 15 is 0 Å². The molecule has 0 aliphatic carbocycles. The summed E-state index contributed by atoms with van der Waals surface area (Å²) in [4.78, 5) is 3.97. The van der Waals surface area contributed by atoms with Crippen LogP contribution in [0.25, 0.3) is 0 Å². The molecule has 80 valence electrons. The molecule has 1 heterocycles. The standard InChI is InChI=1S/C6H9N3.CH4O3S/c1-8-6-4-9-3-5(6)2-7;1-5(2,3)4/h5,9H,3-4H2,1H3;1H3,(H,2,3,4). The van der Waals surface area contributed by atoms with Gasteiger partial charge < -0.3 is 5.32 Å². The van der Waals surface area contributed by atoms with Crippen molar-refractivity contribution in [3.05, 3.63) is 0 Å². The number of nitrogens with zero attached hydrogens (tertiary/aromatic N) is 2. The van der Waals surface area contributed by atoms with E-state index in [2.05, 4.69) is 16.4 Å². The van der Waals surface area contributed by atoms with E-state index in [-0.39, 0.29) is 5.92 Å². The highest BCUT2D eigenvalue weighted by Gasteiger charge is 2.19. The second-order valence-corrected chi connectivity index (χ2v) is 4.23. The van der Waals surface area contributed by atoms with Gasteiger partial charge in [-0.2, -0.15) is 13.7 Å². The SMILES string of the molecule is CN=C1CNCC1C#N.CS(=O)(=O)O. The molecule has 0 aromatic rings. The van der Waals surface area contributed by atoms with Crippen molar-refractivity contribution in [1.29, 1.82) is 5.26 Å². The van der Waals surface area contributed by atoms with E-state index in [4.69, 9.17) is 9.81 Å². The highest BCUT2D eigenvalue weighted by Crippen LogP contribution is 2.02. The molecule has 1 atom stereocenters. The predicted molar refractivity (Wildman–Crippen MR) is 52.8 cm³/mol. The summed E-state index contributed by atoms with van der Waals surface area (Å²) in [6.45, 7) is 1.55. The topological polar surface area (TPSA) is 103 Å². The minimum atomic E-state index is -3.67. The molecule has 1 aliphatic heterocycles. The molecule has 1 saturated heterocycles. The van der Waals surface area contributed by atoms with E-state index in [1.54, 1.807) is 7.05 Å². The molecule has 0 spiro atoms. The summed E-state index contributed by atoms with van der Waals surface area (Å²) < 4.78 is 25.9. The first kappa shape index (κ1) is 13.0. The van der Waals surface area contributed by atoms with E-state index < -0.39 is 10.1 Å². The van der Waals surface area contributed by atoms with Crippen molar-refractivity contribution in [1.82, 2.24) is 5.32 Å². The third-order valence-electron chi connectivity index (χ3n) is 1.50. The van der Waals surface area contributed by atoms with Crippen molar-refractivity contribution in [3.8, 4) is 6.07 Å². The first-order valence-corrected chi connectivity index (χ1v) is 5.71. The van der Waals surface area contributed by atoms with Crippen molar-refractivity contribution >= 4 is 15.8 Å². The lowest BCUT2D eigenvalue weighted by Gasteiger charge is -1.93. The third kappa shape index (κ3) is 6.54. The average molecular weight is 219 g/mol. The number of hydrogen-bond acceptors (Lipinski definition) is 5. The molecule has 1 rings (SSSR count). The fourth-order valence-corrected chi connectivity index (χ4v) is 0.941. The Labute approximate surface area is 83.4 Å². The van der Waals surface area contributed by atoms with E-state index in [1.807, 2.05) is 0 Å². The summed E-state index contributed by atoms with van der Waals surface area (Å²) in [5, 5.41) is 11.6. The van der Waals surface area contributed by atoms with Crippen LogP contribution in [0.15, 0.2) is 4.99 Å². The Morgan fingerprint density at radius 3 is 2.50 bits per heavy atom. The van der Waals surface area contributed by atoms with Gasteiger partial charge in [0.25, 0.3) is 10.1 Å². The molecule has 0 bridgehead atoms. The molecule has 14 heavy (non-hydrogen) atoms. The van der Waals surface area contributed by atoms with Crippen LogP contribution in [0.2, 0.25) is 0 Å².